The van der Waals surface area contributed by atoms with Crippen LogP contribution in [0.3, 0.4) is 0 Å². The van der Waals surface area contributed by atoms with E-state index in [0.29, 0.717) is 16.3 Å². The third kappa shape index (κ3) is 8.43. The van der Waals surface area contributed by atoms with E-state index < -0.39 is 30.9 Å². The maximum atomic E-state index is 13.5. The molecule has 3 amide bonds. The lowest BCUT2D eigenvalue weighted by atomic mass is 9.75. The summed E-state index contributed by atoms with van der Waals surface area (Å²) in [6, 6.07) is 19.2. The van der Waals surface area contributed by atoms with Gasteiger partial charge in [0.05, 0.1) is 16.5 Å². The quantitative estimate of drug-likeness (QED) is 0.209. The van der Waals surface area contributed by atoms with Gasteiger partial charge in [-0.25, -0.2) is 0 Å². The van der Waals surface area contributed by atoms with Crippen molar-refractivity contribution in [3.8, 4) is 0 Å². The number of likely N-dealkylation sites (N-methyl/N-ethyl adjacent to an activating group) is 1. The van der Waals surface area contributed by atoms with Gasteiger partial charge in [-0.3, -0.25) is 14.4 Å². The normalized spacial score (nSPS) is 12.1. The predicted octanol–water partition coefficient (Wildman–Crippen LogP) is 3.22. The molecule has 0 aliphatic heterocycles. The number of amides is 3. The van der Waals surface area contributed by atoms with Crippen molar-refractivity contribution in [3.63, 3.8) is 0 Å². The Labute approximate surface area is 237 Å². The van der Waals surface area contributed by atoms with E-state index in [1.54, 1.807) is 55.6 Å². The molecule has 0 aliphatic rings. The van der Waals surface area contributed by atoms with Crippen molar-refractivity contribution < 1.29 is 24.4 Å². The van der Waals surface area contributed by atoms with Gasteiger partial charge in [0.1, 0.15) is 6.04 Å². The molecule has 1 unspecified atom stereocenters. The van der Waals surface area contributed by atoms with Gasteiger partial charge in [-0.05, 0) is 54.0 Å². The summed E-state index contributed by atoms with van der Waals surface area (Å²) >= 11 is 12.2. The summed E-state index contributed by atoms with van der Waals surface area (Å²) in [5.41, 5.74) is 2.06. The number of halogens is 2. The van der Waals surface area contributed by atoms with E-state index in [2.05, 4.69) is 17.2 Å². The summed E-state index contributed by atoms with van der Waals surface area (Å²) in [6.07, 6.45) is 1.36. The standard InChI is InChI=1S/C28H28BCl2N3O5/c1-3-26(35)34(2)21-11-7-10-19(14-21)15-24(32-27(36)22-17-20(30)12-13-23(22)31)28(37)33-25(29(38)39)16-18-8-5-4-6-9-18/h3-14,17,24-25,38-39H,1,15-16H2,2H3,(H,32,36)(H,33,37)/t24?,25-/m0/s1. The van der Waals surface area contributed by atoms with Crippen LogP contribution < -0.4 is 15.5 Å². The van der Waals surface area contributed by atoms with Crippen LogP contribution in [0.25, 0.3) is 0 Å². The van der Waals surface area contributed by atoms with Gasteiger partial charge in [0, 0.05) is 24.2 Å². The zero-order chi connectivity index (χ0) is 28.5. The Morgan fingerprint density at radius 2 is 1.64 bits per heavy atom. The molecule has 0 aromatic heterocycles. The molecule has 0 spiro atoms. The van der Waals surface area contributed by atoms with Crippen LogP contribution in [0.2, 0.25) is 10.0 Å². The molecule has 8 nitrogen and oxygen atoms in total. The second-order valence-electron chi connectivity index (χ2n) is 8.84. The van der Waals surface area contributed by atoms with E-state index in [4.69, 9.17) is 23.2 Å². The largest absolute Gasteiger partial charge is 0.475 e. The number of anilines is 1. The maximum Gasteiger partial charge on any atom is 0.475 e. The summed E-state index contributed by atoms with van der Waals surface area (Å²) in [5.74, 6) is -2.64. The van der Waals surface area contributed by atoms with Crippen LogP contribution in [0.1, 0.15) is 21.5 Å². The van der Waals surface area contributed by atoms with Gasteiger partial charge in [0.25, 0.3) is 5.91 Å². The van der Waals surface area contributed by atoms with E-state index >= 15 is 0 Å². The molecule has 0 heterocycles. The molecule has 0 radical (unpaired) electrons. The Bertz CT molecular complexity index is 1340. The van der Waals surface area contributed by atoms with Gasteiger partial charge >= 0.3 is 7.12 Å². The second-order valence-corrected chi connectivity index (χ2v) is 9.69. The molecule has 3 rings (SSSR count). The van der Waals surface area contributed by atoms with E-state index in [0.717, 1.165) is 5.56 Å². The Kier molecular flexibility index (Phi) is 10.7. The number of carbonyl (C=O) groups excluding carboxylic acids is 3. The molecule has 11 heteroatoms. The highest BCUT2D eigenvalue weighted by atomic mass is 35.5. The van der Waals surface area contributed by atoms with E-state index in [1.165, 1.54) is 29.2 Å². The molecule has 0 fully saturated rings. The average molecular weight is 568 g/mol. The first-order chi connectivity index (χ1) is 18.6. The number of nitrogens with one attached hydrogen (secondary N) is 2. The Hall–Kier alpha value is -3.63. The number of benzene rings is 3. The monoisotopic (exact) mass is 567 g/mol. The van der Waals surface area contributed by atoms with Crippen LogP contribution in [0.15, 0.2) is 85.5 Å². The summed E-state index contributed by atoms with van der Waals surface area (Å²) in [6.45, 7) is 3.49. The van der Waals surface area contributed by atoms with Crippen molar-refractivity contribution in [3.05, 3.63) is 112 Å². The number of rotatable bonds is 11. The molecule has 4 N–H and O–H groups in total. The molecule has 0 saturated carbocycles. The first kappa shape index (κ1) is 29.9. The number of carbonyl (C=O) groups is 3. The van der Waals surface area contributed by atoms with Gasteiger partial charge in [-0.15, -0.1) is 0 Å². The van der Waals surface area contributed by atoms with Crippen LogP contribution in [0, 0.1) is 0 Å². The molecule has 3 aromatic carbocycles. The van der Waals surface area contributed by atoms with Gasteiger partial charge in [-0.2, -0.15) is 0 Å². The molecule has 0 saturated heterocycles. The van der Waals surface area contributed by atoms with Crippen molar-refractivity contribution >= 4 is 53.7 Å². The Morgan fingerprint density at radius 1 is 0.949 bits per heavy atom. The highest BCUT2D eigenvalue weighted by Crippen LogP contribution is 2.21. The van der Waals surface area contributed by atoms with Crippen molar-refractivity contribution in [2.24, 2.45) is 0 Å². The van der Waals surface area contributed by atoms with Crippen LogP contribution in [0.4, 0.5) is 5.69 Å². The van der Waals surface area contributed by atoms with Crippen LogP contribution in [-0.2, 0) is 22.4 Å². The zero-order valence-corrected chi connectivity index (χ0v) is 22.7. The number of hydrogen-bond donors (Lipinski definition) is 4. The minimum Gasteiger partial charge on any atom is -0.426 e. The van der Waals surface area contributed by atoms with Crippen molar-refractivity contribution in [2.45, 2.75) is 24.8 Å². The third-order valence-electron chi connectivity index (χ3n) is 6.02. The second kappa shape index (κ2) is 14.0. The summed E-state index contributed by atoms with van der Waals surface area (Å²) in [5, 5.41) is 25.7. The maximum absolute atomic E-state index is 13.5. The molecule has 0 bridgehead atoms. The fourth-order valence-corrected chi connectivity index (χ4v) is 4.27. The van der Waals surface area contributed by atoms with Crippen molar-refractivity contribution in [2.75, 3.05) is 11.9 Å². The lowest BCUT2D eigenvalue weighted by Crippen LogP contribution is -2.55. The summed E-state index contributed by atoms with van der Waals surface area (Å²) < 4.78 is 0. The fraction of sp³-hybridized carbons (Fsp3) is 0.179. The van der Waals surface area contributed by atoms with Crippen LogP contribution in [-0.4, -0.2) is 53.9 Å². The van der Waals surface area contributed by atoms with E-state index in [1.807, 2.05) is 6.07 Å². The highest BCUT2D eigenvalue weighted by molar-refractivity contribution is 6.43. The van der Waals surface area contributed by atoms with Crippen molar-refractivity contribution in [1.82, 2.24) is 10.6 Å². The number of nitrogens with zero attached hydrogens (tertiary/aromatic N) is 1. The molecule has 3 aromatic rings. The minimum absolute atomic E-state index is 0.0271. The topological polar surface area (TPSA) is 119 Å². The van der Waals surface area contributed by atoms with Gasteiger partial charge in [0.15, 0.2) is 0 Å². The molecule has 0 aliphatic carbocycles. The Morgan fingerprint density at radius 3 is 2.31 bits per heavy atom. The third-order valence-corrected chi connectivity index (χ3v) is 6.59. The molecular weight excluding hydrogens is 540 g/mol. The summed E-state index contributed by atoms with van der Waals surface area (Å²) in [7, 11) is -0.262. The van der Waals surface area contributed by atoms with Gasteiger partial charge in [-0.1, -0.05) is 72.2 Å². The lowest BCUT2D eigenvalue weighted by Gasteiger charge is -2.24. The van der Waals surface area contributed by atoms with E-state index in [9.17, 15) is 24.4 Å². The minimum atomic E-state index is -1.85. The van der Waals surface area contributed by atoms with Crippen molar-refractivity contribution in [1.29, 1.82) is 0 Å². The first-order valence-corrected chi connectivity index (χ1v) is 12.8. The molecule has 39 heavy (non-hydrogen) atoms. The van der Waals surface area contributed by atoms with Gasteiger partial charge < -0.3 is 25.6 Å². The number of hydrogen-bond acceptors (Lipinski definition) is 5. The van der Waals surface area contributed by atoms with Gasteiger partial charge in [0.2, 0.25) is 11.8 Å². The van der Waals surface area contributed by atoms with Crippen LogP contribution in [0.5, 0.6) is 0 Å². The zero-order valence-electron chi connectivity index (χ0n) is 21.2. The molecular formula is C28H28BCl2N3O5. The molecule has 202 valence electrons. The first-order valence-electron chi connectivity index (χ1n) is 12.0. The predicted molar refractivity (Wildman–Crippen MR) is 154 cm³/mol. The molecule has 2 atom stereocenters. The summed E-state index contributed by atoms with van der Waals surface area (Å²) in [4.78, 5) is 40.1. The fourth-order valence-electron chi connectivity index (χ4n) is 3.89. The lowest BCUT2D eigenvalue weighted by molar-refractivity contribution is -0.123. The SMILES string of the molecule is C=CC(=O)N(C)c1cccc(CC(NC(=O)c2cc(Cl)ccc2Cl)C(=O)N[C@@H](Cc2ccccc2)B(O)O)c1. The van der Waals surface area contributed by atoms with E-state index in [-0.39, 0.29) is 29.3 Å². The smallest absolute Gasteiger partial charge is 0.426 e. The average Bonchev–Trinajstić information content (AvgIpc) is 2.93. The highest BCUT2D eigenvalue weighted by Gasteiger charge is 2.30. The van der Waals surface area contributed by atoms with Crippen LogP contribution >= 0.6 is 23.2 Å². The Balaban J connectivity index is 1.89.